The SMILES string of the molecule is CCC(C(=O)Nc1cn(C)nc1C(=O)NC)n1cc(Br)cn1. The minimum absolute atomic E-state index is 0.176. The van der Waals surface area contributed by atoms with Crippen LogP contribution < -0.4 is 10.6 Å². The first-order chi connectivity index (χ1) is 10.5. The van der Waals surface area contributed by atoms with Crippen molar-refractivity contribution in [1.29, 1.82) is 0 Å². The van der Waals surface area contributed by atoms with Gasteiger partial charge in [0.2, 0.25) is 5.91 Å². The molecule has 0 bridgehead atoms. The first-order valence-electron chi connectivity index (χ1n) is 6.72. The van der Waals surface area contributed by atoms with Crippen LogP contribution in [0.4, 0.5) is 5.69 Å². The summed E-state index contributed by atoms with van der Waals surface area (Å²) in [5.74, 6) is -0.609. The van der Waals surface area contributed by atoms with Gasteiger partial charge in [0.05, 0.1) is 16.4 Å². The highest BCUT2D eigenvalue weighted by Gasteiger charge is 2.23. The molecule has 0 aliphatic heterocycles. The molecule has 2 amide bonds. The molecule has 0 spiro atoms. The number of aryl methyl sites for hydroxylation is 1. The minimum Gasteiger partial charge on any atom is -0.354 e. The van der Waals surface area contributed by atoms with Crippen LogP contribution in [0, 0.1) is 0 Å². The predicted octanol–water partition coefficient (Wildman–Crippen LogP) is 1.33. The van der Waals surface area contributed by atoms with Crippen molar-refractivity contribution in [3.63, 3.8) is 0 Å². The van der Waals surface area contributed by atoms with Gasteiger partial charge >= 0.3 is 0 Å². The van der Waals surface area contributed by atoms with E-state index < -0.39 is 6.04 Å². The van der Waals surface area contributed by atoms with Crippen molar-refractivity contribution in [1.82, 2.24) is 24.9 Å². The molecule has 9 heteroatoms. The lowest BCUT2D eigenvalue weighted by molar-refractivity contribution is -0.119. The molecular formula is C13H17BrN6O2. The smallest absolute Gasteiger partial charge is 0.273 e. The van der Waals surface area contributed by atoms with Gasteiger partial charge in [-0.3, -0.25) is 19.0 Å². The summed E-state index contributed by atoms with van der Waals surface area (Å²) < 4.78 is 3.85. The zero-order valence-corrected chi connectivity index (χ0v) is 14.1. The summed E-state index contributed by atoms with van der Waals surface area (Å²) >= 11 is 3.31. The summed E-state index contributed by atoms with van der Waals surface area (Å²) in [5, 5.41) is 13.4. The van der Waals surface area contributed by atoms with Crippen LogP contribution in [-0.4, -0.2) is 38.4 Å². The molecule has 2 rings (SSSR count). The minimum atomic E-state index is -0.468. The molecule has 118 valence electrons. The molecule has 2 aromatic heterocycles. The van der Waals surface area contributed by atoms with Gasteiger partial charge < -0.3 is 10.6 Å². The van der Waals surface area contributed by atoms with Gasteiger partial charge in [-0.05, 0) is 22.4 Å². The van der Waals surface area contributed by atoms with Crippen LogP contribution in [0.15, 0.2) is 23.1 Å². The Morgan fingerprint density at radius 3 is 2.68 bits per heavy atom. The lowest BCUT2D eigenvalue weighted by Crippen LogP contribution is -2.27. The van der Waals surface area contributed by atoms with Crippen LogP contribution in [0.3, 0.4) is 0 Å². The number of hydrogen-bond acceptors (Lipinski definition) is 4. The van der Waals surface area contributed by atoms with Crippen molar-refractivity contribution in [2.75, 3.05) is 12.4 Å². The summed E-state index contributed by atoms with van der Waals surface area (Å²) in [6, 6.07) is -0.468. The first-order valence-corrected chi connectivity index (χ1v) is 7.51. The van der Waals surface area contributed by atoms with Gasteiger partial charge in [-0.25, -0.2) is 0 Å². The normalized spacial score (nSPS) is 12.0. The van der Waals surface area contributed by atoms with E-state index in [0.29, 0.717) is 12.1 Å². The Hall–Kier alpha value is -2.16. The maximum atomic E-state index is 12.5. The van der Waals surface area contributed by atoms with E-state index in [9.17, 15) is 9.59 Å². The number of halogens is 1. The highest BCUT2D eigenvalue weighted by Crippen LogP contribution is 2.19. The van der Waals surface area contributed by atoms with E-state index in [2.05, 4.69) is 36.8 Å². The summed E-state index contributed by atoms with van der Waals surface area (Å²) in [5.41, 5.74) is 0.548. The number of nitrogens with one attached hydrogen (secondary N) is 2. The van der Waals surface area contributed by atoms with Gasteiger partial charge in [0.25, 0.3) is 5.91 Å². The standard InChI is InChI=1S/C13H17BrN6O2/c1-4-10(20-6-8(14)5-16-20)12(21)17-9-7-19(3)18-11(9)13(22)15-2/h5-7,10H,4H2,1-3H3,(H,15,22)(H,17,21). The van der Waals surface area contributed by atoms with Crippen molar-refractivity contribution in [2.45, 2.75) is 19.4 Å². The van der Waals surface area contributed by atoms with Crippen molar-refractivity contribution >= 4 is 33.4 Å². The Morgan fingerprint density at radius 2 is 2.14 bits per heavy atom. The molecule has 1 atom stereocenters. The Morgan fingerprint density at radius 1 is 1.41 bits per heavy atom. The number of nitrogens with zero attached hydrogens (tertiary/aromatic N) is 4. The average molecular weight is 369 g/mol. The number of rotatable bonds is 5. The second kappa shape index (κ2) is 6.73. The molecule has 0 radical (unpaired) electrons. The summed E-state index contributed by atoms with van der Waals surface area (Å²) in [6.45, 7) is 1.89. The molecule has 22 heavy (non-hydrogen) atoms. The fourth-order valence-corrected chi connectivity index (χ4v) is 2.36. The van der Waals surface area contributed by atoms with E-state index >= 15 is 0 Å². The van der Waals surface area contributed by atoms with E-state index in [4.69, 9.17) is 0 Å². The molecule has 0 saturated heterocycles. The monoisotopic (exact) mass is 368 g/mol. The third-order valence-electron chi connectivity index (χ3n) is 3.11. The van der Waals surface area contributed by atoms with Gasteiger partial charge in [0.15, 0.2) is 5.69 Å². The predicted molar refractivity (Wildman–Crippen MR) is 84.5 cm³/mol. The Kier molecular flexibility index (Phi) is 4.96. The largest absolute Gasteiger partial charge is 0.354 e. The number of carbonyl (C=O) groups excluding carboxylic acids is 2. The number of carbonyl (C=O) groups is 2. The maximum absolute atomic E-state index is 12.5. The van der Waals surface area contributed by atoms with Gasteiger partial charge in [0.1, 0.15) is 6.04 Å². The summed E-state index contributed by atoms with van der Waals surface area (Å²) in [6.07, 6.45) is 5.51. The zero-order chi connectivity index (χ0) is 16.3. The van der Waals surface area contributed by atoms with Gasteiger partial charge in [-0.1, -0.05) is 6.92 Å². The number of hydrogen-bond donors (Lipinski definition) is 2. The third-order valence-corrected chi connectivity index (χ3v) is 3.52. The van der Waals surface area contributed by atoms with Crippen LogP contribution in [0.25, 0.3) is 0 Å². The molecular weight excluding hydrogens is 352 g/mol. The molecule has 1 unspecified atom stereocenters. The van der Waals surface area contributed by atoms with Crippen molar-refractivity contribution < 1.29 is 9.59 Å². The maximum Gasteiger partial charge on any atom is 0.273 e. The molecule has 0 aliphatic carbocycles. The van der Waals surface area contributed by atoms with Crippen molar-refractivity contribution in [3.05, 3.63) is 28.8 Å². The average Bonchev–Trinajstić information content (AvgIpc) is 3.05. The van der Waals surface area contributed by atoms with E-state index in [-0.39, 0.29) is 17.5 Å². The zero-order valence-electron chi connectivity index (χ0n) is 12.5. The van der Waals surface area contributed by atoms with E-state index in [1.807, 2.05) is 6.92 Å². The van der Waals surface area contributed by atoms with Crippen LogP contribution in [0.2, 0.25) is 0 Å². The number of anilines is 1. The Labute approximate surface area is 136 Å². The molecule has 2 N–H and O–H groups in total. The number of aromatic nitrogens is 4. The van der Waals surface area contributed by atoms with Crippen LogP contribution >= 0.6 is 15.9 Å². The second-order valence-corrected chi connectivity index (χ2v) is 5.61. The van der Waals surface area contributed by atoms with Crippen molar-refractivity contribution in [3.8, 4) is 0 Å². The van der Waals surface area contributed by atoms with Gasteiger partial charge in [0, 0.05) is 26.5 Å². The molecule has 2 heterocycles. The van der Waals surface area contributed by atoms with Crippen LogP contribution in [-0.2, 0) is 11.8 Å². The van der Waals surface area contributed by atoms with Crippen LogP contribution in [0.1, 0.15) is 29.9 Å². The number of amides is 2. The van der Waals surface area contributed by atoms with Gasteiger partial charge in [-0.2, -0.15) is 10.2 Å². The lowest BCUT2D eigenvalue weighted by Gasteiger charge is -2.15. The fourth-order valence-electron chi connectivity index (χ4n) is 2.06. The highest BCUT2D eigenvalue weighted by atomic mass is 79.9. The van der Waals surface area contributed by atoms with Crippen LogP contribution in [0.5, 0.6) is 0 Å². The topological polar surface area (TPSA) is 93.8 Å². The Bertz CT molecular complexity index is 693. The molecule has 8 nitrogen and oxygen atoms in total. The lowest BCUT2D eigenvalue weighted by atomic mass is 10.2. The molecule has 0 saturated carbocycles. The quantitative estimate of drug-likeness (QED) is 0.832. The summed E-state index contributed by atoms with van der Waals surface area (Å²) in [7, 11) is 3.20. The summed E-state index contributed by atoms with van der Waals surface area (Å²) in [4.78, 5) is 24.2. The van der Waals surface area contributed by atoms with Crippen molar-refractivity contribution in [2.24, 2.45) is 7.05 Å². The van der Waals surface area contributed by atoms with Gasteiger partial charge in [-0.15, -0.1) is 0 Å². The Balaban J connectivity index is 2.22. The highest BCUT2D eigenvalue weighted by molar-refractivity contribution is 9.10. The molecule has 2 aromatic rings. The molecule has 0 aliphatic rings. The second-order valence-electron chi connectivity index (χ2n) is 4.70. The van der Waals surface area contributed by atoms with E-state index in [1.165, 1.54) is 11.7 Å². The third kappa shape index (κ3) is 3.35. The fraction of sp³-hybridized carbons (Fsp3) is 0.385. The molecule has 0 fully saturated rings. The molecule has 0 aromatic carbocycles. The first kappa shape index (κ1) is 16.2. The van der Waals surface area contributed by atoms with E-state index in [0.717, 1.165) is 4.47 Å². The van der Waals surface area contributed by atoms with E-state index in [1.54, 1.807) is 30.3 Å².